The van der Waals surface area contributed by atoms with Crippen LogP contribution in [-0.2, 0) is 0 Å². The van der Waals surface area contributed by atoms with E-state index >= 15 is 0 Å². The van der Waals surface area contributed by atoms with Crippen molar-refractivity contribution in [3.8, 4) is 11.3 Å². The number of aromatic nitrogens is 4. The van der Waals surface area contributed by atoms with Crippen LogP contribution in [0.25, 0.3) is 11.3 Å². The van der Waals surface area contributed by atoms with E-state index in [-0.39, 0.29) is 12.1 Å². The minimum atomic E-state index is -0.0690. The number of aryl methyl sites for hydroxylation is 2. The Morgan fingerprint density at radius 2 is 1.79 bits per heavy atom. The molecule has 29 heavy (non-hydrogen) atoms. The number of likely N-dealkylation sites (tertiary alicyclic amines) is 1. The zero-order valence-corrected chi connectivity index (χ0v) is 16.7. The zero-order chi connectivity index (χ0) is 20.0. The lowest BCUT2D eigenvalue weighted by Crippen LogP contribution is -2.65. The van der Waals surface area contributed by atoms with Crippen molar-refractivity contribution in [1.82, 2.24) is 24.6 Å². The van der Waals surface area contributed by atoms with Gasteiger partial charge < -0.3 is 9.80 Å². The summed E-state index contributed by atoms with van der Waals surface area (Å²) in [6.07, 6.45) is 2.69. The Kier molecular flexibility index (Phi) is 4.30. The number of nitrogens with zero attached hydrogens (tertiary/aromatic N) is 6. The number of hydrogen-bond donors (Lipinski definition) is 0. The topological polar surface area (TPSA) is 67.2 Å². The smallest absolute Gasteiger partial charge is 0.335 e. The Morgan fingerprint density at radius 1 is 1.03 bits per heavy atom. The van der Waals surface area contributed by atoms with E-state index in [9.17, 15) is 4.79 Å². The molecule has 3 aromatic rings. The number of hydrogen-bond acceptors (Lipinski definition) is 5. The van der Waals surface area contributed by atoms with Gasteiger partial charge in [-0.1, -0.05) is 30.3 Å². The number of carbonyl (C=O) groups excluding carboxylic acids is 1. The van der Waals surface area contributed by atoms with Crippen molar-refractivity contribution in [2.24, 2.45) is 5.92 Å². The number of rotatable bonds is 2. The summed E-state index contributed by atoms with van der Waals surface area (Å²) < 4.78 is 1.52. The van der Waals surface area contributed by atoms with E-state index in [1.807, 2.05) is 61.2 Å². The zero-order valence-electron chi connectivity index (χ0n) is 16.7. The van der Waals surface area contributed by atoms with Crippen LogP contribution in [-0.4, -0.2) is 56.4 Å². The van der Waals surface area contributed by atoms with Crippen LogP contribution < -0.4 is 4.90 Å². The van der Waals surface area contributed by atoms with Crippen molar-refractivity contribution < 1.29 is 4.79 Å². The predicted molar refractivity (Wildman–Crippen MR) is 111 cm³/mol. The Morgan fingerprint density at radius 3 is 2.55 bits per heavy atom. The highest BCUT2D eigenvalue weighted by atomic mass is 16.2. The molecule has 0 N–H and O–H groups in total. The Balaban J connectivity index is 1.36. The number of amides is 1. The second kappa shape index (κ2) is 6.99. The quantitative estimate of drug-likeness (QED) is 0.675. The van der Waals surface area contributed by atoms with Crippen molar-refractivity contribution in [2.45, 2.75) is 26.3 Å². The first-order valence-electron chi connectivity index (χ1n) is 10.1. The van der Waals surface area contributed by atoms with Crippen LogP contribution in [0.2, 0.25) is 0 Å². The van der Waals surface area contributed by atoms with Gasteiger partial charge in [0, 0.05) is 42.5 Å². The second-order valence-corrected chi connectivity index (χ2v) is 7.94. The molecule has 0 bridgehead atoms. The first-order chi connectivity index (χ1) is 14.1. The van der Waals surface area contributed by atoms with Gasteiger partial charge in [-0.05, 0) is 32.4 Å². The minimum absolute atomic E-state index is 0.0690. The fourth-order valence-electron chi connectivity index (χ4n) is 4.45. The van der Waals surface area contributed by atoms with Gasteiger partial charge in [0.1, 0.15) is 0 Å². The molecule has 0 unspecified atom stereocenters. The molecular weight excluding hydrogens is 364 g/mol. The summed E-state index contributed by atoms with van der Waals surface area (Å²) in [5, 5.41) is 4.32. The highest BCUT2D eigenvalue weighted by Gasteiger charge is 2.45. The number of carbonyl (C=O) groups is 1. The summed E-state index contributed by atoms with van der Waals surface area (Å²) in [4.78, 5) is 26.6. The number of piperidine rings is 1. The number of fused-ring (bicyclic) bond motifs is 1. The largest absolute Gasteiger partial charge is 0.345 e. The summed E-state index contributed by atoms with van der Waals surface area (Å²) in [6.45, 7) is 6.39. The third kappa shape index (κ3) is 3.16. The van der Waals surface area contributed by atoms with Gasteiger partial charge in [-0.15, -0.1) is 0 Å². The third-order valence-electron chi connectivity index (χ3n) is 5.94. The lowest BCUT2D eigenvalue weighted by molar-refractivity contribution is 0.123. The van der Waals surface area contributed by atoms with Gasteiger partial charge in [-0.3, -0.25) is 0 Å². The average Bonchev–Trinajstić information content (AvgIpc) is 3.18. The van der Waals surface area contributed by atoms with Crippen LogP contribution in [0.5, 0.6) is 0 Å². The van der Waals surface area contributed by atoms with E-state index in [0.717, 1.165) is 48.1 Å². The average molecular weight is 388 g/mol. The molecule has 2 saturated heterocycles. The van der Waals surface area contributed by atoms with Gasteiger partial charge in [-0.25, -0.2) is 14.8 Å². The summed E-state index contributed by atoms with van der Waals surface area (Å²) >= 11 is 0. The van der Waals surface area contributed by atoms with Crippen molar-refractivity contribution in [1.29, 1.82) is 0 Å². The van der Waals surface area contributed by atoms with E-state index < -0.39 is 0 Å². The summed E-state index contributed by atoms with van der Waals surface area (Å²) in [7, 11) is 0. The van der Waals surface area contributed by atoms with E-state index in [1.165, 1.54) is 4.68 Å². The van der Waals surface area contributed by atoms with Gasteiger partial charge >= 0.3 is 6.03 Å². The molecule has 0 spiro atoms. The number of anilines is 1. The molecule has 1 amide bonds. The normalized spacial score (nSPS) is 20.9. The molecule has 0 aliphatic carbocycles. The molecule has 2 fully saturated rings. The first kappa shape index (κ1) is 17.8. The van der Waals surface area contributed by atoms with E-state index in [2.05, 4.69) is 20.0 Å². The molecule has 0 saturated carbocycles. The summed E-state index contributed by atoms with van der Waals surface area (Å²) in [6, 6.07) is 14.0. The fourth-order valence-corrected chi connectivity index (χ4v) is 4.45. The summed E-state index contributed by atoms with van der Waals surface area (Å²) in [5.74, 6) is 1.37. The molecule has 2 aliphatic heterocycles. The Labute approximate surface area is 170 Å². The Bertz CT molecular complexity index is 1030. The maximum atomic E-state index is 13.3. The van der Waals surface area contributed by atoms with Crippen molar-refractivity contribution in [3.63, 3.8) is 0 Å². The van der Waals surface area contributed by atoms with Crippen LogP contribution >= 0.6 is 0 Å². The highest BCUT2D eigenvalue weighted by molar-refractivity contribution is 5.81. The lowest BCUT2D eigenvalue weighted by atomic mass is 9.82. The van der Waals surface area contributed by atoms with Crippen LogP contribution in [0, 0.1) is 19.8 Å². The third-order valence-corrected chi connectivity index (χ3v) is 5.94. The molecule has 2 atom stereocenters. The SMILES string of the molecule is Cc1cc(C)nc(N2C[C@@H]3CCN(C(=O)n4nccc4-c4ccccc4)C[C@@H]32)n1. The monoisotopic (exact) mass is 388 g/mol. The van der Waals surface area contributed by atoms with Crippen LogP contribution in [0.1, 0.15) is 17.8 Å². The molecular formula is C22H24N6O. The minimum Gasteiger partial charge on any atom is -0.335 e. The van der Waals surface area contributed by atoms with E-state index in [0.29, 0.717) is 12.5 Å². The maximum absolute atomic E-state index is 13.3. The molecule has 7 nitrogen and oxygen atoms in total. The van der Waals surface area contributed by atoms with Gasteiger partial charge in [0.2, 0.25) is 5.95 Å². The molecule has 2 aromatic heterocycles. The standard InChI is InChI=1S/C22H24N6O/c1-15-12-16(2)25-21(24-15)27-13-18-9-11-26(14-20(18)27)22(29)28-19(8-10-23-28)17-6-4-3-5-7-17/h3-8,10,12,18,20H,9,11,13-14H2,1-2H3/t18-,20-/m0/s1. The van der Waals surface area contributed by atoms with Crippen molar-refractivity contribution in [3.05, 3.63) is 60.0 Å². The molecule has 7 heteroatoms. The van der Waals surface area contributed by atoms with Crippen LogP contribution in [0.3, 0.4) is 0 Å². The van der Waals surface area contributed by atoms with Crippen LogP contribution in [0.15, 0.2) is 48.7 Å². The predicted octanol–water partition coefficient (Wildman–Crippen LogP) is 3.14. The van der Waals surface area contributed by atoms with Crippen LogP contribution in [0.4, 0.5) is 10.7 Å². The summed E-state index contributed by atoms with van der Waals surface area (Å²) in [5.41, 5.74) is 3.76. The van der Waals surface area contributed by atoms with Gasteiger partial charge in [0.05, 0.1) is 17.9 Å². The molecule has 0 radical (unpaired) electrons. The second-order valence-electron chi connectivity index (χ2n) is 7.94. The van der Waals surface area contributed by atoms with Gasteiger partial charge in [0.25, 0.3) is 0 Å². The lowest BCUT2D eigenvalue weighted by Gasteiger charge is -2.53. The molecule has 1 aromatic carbocycles. The Hall–Kier alpha value is -3.22. The van der Waals surface area contributed by atoms with Gasteiger partial charge in [0.15, 0.2) is 0 Å². The molecule has 5 rings (SSSR count). The highest BCUT2D eigenvalue weighted by Crippen LogP contribution is 2.35. The van der Waals surface area contributed by atoms with E-state index in [4.69, 9.17) is 0 Å². The van der Waals surface area contributed by atoms with Crippen molar-refractivity contribution in [2.75, 3.05) is 24.5 Å². The first-order valence-corrected chi connectivity index (χ1v) is 10.1. The molecule has 148 valence electrons. The van der Waals surface area contributed by atoms with E-state index in [1.54, 1.807) is 6.20 Å². The van der Waals surface area contributed by atoms with Crippen molar-refractivity contribution >= 4 is 12.0 Å². The fraction of sp³-hybridized carbons (Fsp3) is 0.364. The number of benzene rings is 1. The maximum Gasteiger partial charge on any atom is 0.345 e. The molecule has 2 aliphatic rings. The van der Waals surface area contributed by atoms with Gasteiger partial charge in [-0.2, -0.15) is 9.78 Å². The molecule has 4 heterocycles.